The summed E-state index contributed by atoms with van der Waals surface area (Å²) in [6.45, 7) is 0.412. The number of halogens is 2. The van der Waals surface area contributed by atoms with Crippen LogP contribution in [0.2, 0.25) is 0 Å². The third-order valence-electron chi connectivity index (χ3n) is 4.19. The number of amides is 1. The summed E-state index contributed by atoms with van der Waals surface area (Å²) in [6, 6.07) is 11.5. The second-order valence-corrected chi connectivity index (χ2v) is 7.74. The van der Waals surface area contributed by atoms with Gasteiger partial charge in [-0.15, -0.1) is 0 Å². The maximum Gasteiger partial charge on any atom is 0.243 e. The Hall–Kier alpha value is -2.36. The fraction of sp³-hybridized carbons (Fsp3) is 0.278. The quantitative estimate of drug-likeness (QED) is 0.837. The van der Waals surface area contributed by atoms with Crippen LogP contribution in [0, 0.1) is 11.6 Å². The van der Waals surface area contributed by atoms with Gasteiger partial charge in [-0.2, -0.15) is 0 Å². The topological polar surface area (TPSA) is 75.7 Å². The number of morpholine rings is 1. The molecule has 6 nitrogen and oxygen atoms in total. The Kier molecular flexibility index (Phi) is 5.83. The zero-order chi connectivity index (χ0) is 19.4. The Labute approximate surface area is 155 Å². The van der Waals surface area contributed by atoms with E-state index in [9.17, 15) is 22.0 Å². The SMILES string of the molecule is O=C(CNS(=O)(=O)c1ccc(F)cc1F)N1CCO[C@H](c2ccccc2)C1. The molecule has 1 N–H and O–H groups in total. The maximum atomic E-state index is 13.7. The summed E-state index contributed by atoms with van der Waals surface area (Å²) >= 11 is 0. The number of nitrogens with one attached hydrogen (secondary N) is 1. The molecule has 0 aromatic heterocycles. The summed E-state index contributed by atoms with van der Waals surface area (Å²) in [7, 11) is -4.28. The van der Waals surface area contributed by atoms with E-state index in [1.165, 1.54) is 4.90 Å². The highest BCUT2D eigenvalue weighted by Gasteiger charge is 2.27. The van der Waals surface area contributed by atoms with Crippen molar-refractivity contribution < 1.29 is 26.7 Å². The van der Waals surface area contributed by atoms with Crippen LogP contribution in [0.4, 0.5) is 8.78 Å². The van der Waals surface area contributed by atoms with Crippen molar-refractivity contribution in [2.75, 3.05) is 26.2 Å². The predicted octanol–water partition coefficient (Wildman–Crippen LogP) is 1.84. The molecule has 1 amide bonds. The summed E-state index contributed by atoms with van der Waals surface area (Å²) in [6.07, 6.45) is -0.296. The van der Waals surface area contributed by atoms with Crippen LogP contribution in [-0.2, 0) is 19.6 Å². The first-order valence-corrected chi connectivity index (χ1v) is 9.74. The van der Waals surface area contributed by atoms with Crippen molar-refractivity contribution in [3.05, 3.63) is 65.7 Å². The third-order valence-corrected chi connectivity index (χ3v) is 5.62. The number of benzene rings is 2. The number of carbonyl (C=O) groups excluding carboxylic acids is 1. The van der Waals surface area contributed by atoms with Crippen molar-refractivity contribution in [2.24, 2.45) is 0 Å². The zero-order valence-corrected chi connectivity index (χ0v) is 15.1. The number of hydrogen-bond acceptors (Lipinski definition) is 4. The largest absolute Gasteiger partial charge is 0.370 e. The predicted molar refractivity (Wildman–Crippen MR) is 93.3 cm³/mol. The summed E-state index contributed by atoms with van der Waals surface area (Å²) < 4.78 is 58.7. The molecule has 2 aromatic rings. The van der Waals surface area contributed by atoms with Gasteiger partial charge < -0.3 is 9.64 Å². The van der Waals surface area contributed by atoms with Gasteiger partial charge in [0.2, 0.25) is 15.9 Å². The van der Waals surface area contributed by atoms with Gasteiger partial charge in [-0.1, -0.05) is 30.3 Å². The number of sulfonamides is 1. The second-order valence-electron chi connectivity index (χ2n) is 6.01. The molecule has 1 heterocycles. The van der Waals surface area contributed by atoms with Crippen LogP contribution in [0.1, 0.15) is 11.7 Å². The van der Waals surface area contributed by atoms with Gasteiger partial charge >= 0.3 is 0 Å². The molecule has 0 unspecified atom stereocenters. The molecule has 2 aromatic carbocycles. The van der Waals surface area contributed by atoms with Gasteiger partial charge in [0.1, 0.15) is 22.6 Å². The minimum atomic E-state index is -4.28. The highest BCUT2D eigenvalue weighted by atomic mass is 32.2. The number of carbonyl (C=O) groups is 1. The fourth-order valence-corrected chi connectivity index (χ4v) is 3.82. The number of ether oxygens (including phenoxy) is 1. The lowest BCUT2D eigenvalue weighted by molar-refractivity contribution is -0.137. The molecule has 1 saturated heterocycles. The van der Waals surface area contributed by atoms with Crippen LogP contribution in [0.15, 0.2) is 53.4 Å². The molecule has 144 valence electrons. The molecular formula is C18H18F2N2O4S. The zero-order valence-electron chi connectivity index (χ0n) is 14.3. The summed E-state index contributed by atoms with van der Waals surface area (Å²) in [4.78, 5) is 13.2. The first-order chi connectivity index (χ1) is 12.9. The highest BCUT2D eigenvalue weighted by Crippen LogP contribution is 2.22. The smallest absolute Gasteiger partial charge is 0.243 e. The Morgan fingerprint density at radius 2 is 1.93 bits per heavy atom. The molecule has 1 aliphatic heterocycles. The molecule has 0 saturated carbocycles. The minimum Gasteiger partial charge on any atom is -0.370 e. The number of hydrogen-bond donors (Lipinski definition) is 1. The second kappa shape index (κ2) is 8.12. The first kappa shape index (κ1) is 19.4. The van der Waals surface area contributed by atoms with E-state index >= 15 is 0 Å². The van der Waals surface area contributed by atoms with Crippen molar-refractivity contribution in [3.8, 4) is 0 Å². The van der Waals surface area contributed by atoms with Gasteiger partial charge in [-0.25, -0.2) is 21.9 Å². The first-order valence-electron chi connectivity index (χ1n) is 8.26. The Morgan fingerprint density at radius 1 is 1.19 bits per heavy atom. The summed E-state index contributed by atoms with van der Waals surface area (Å²) in [5.74, 6) is -2.56. The Balaban J connectivity index is 1.63. The Bertz CT molecular complexity index is 922. The van der Waals surface area contributed by atoms with Crippen LogP contribution in [0.3, 0.4) is 0 Å². The van der Waals surface area contributed by atoms with E-state index in [-0.39, 0.29) is 12.6 Å². The molecular weight excluding hydrogens is 378 g/mol. The molecule has 3 rings (SSSR count). The number of nitrogens with zero attached hydrogens (tertiary/aromatic N) is 1. The molecule has 1 fully saturated rings. The maximum absolute atomic E-state index is 13.7. The van der Waals surface area contributed by atoms with Gasteiger partial charge in [0, 0.05) is 12.6 Å². The number of rotatable bonds is 5. The molecule has 1 atom stereocenters. The van der Waals surface area contributed by atoms with Gasteiger partial charge in [0.05, 0.1) is 19.7 Å². The normalized spacial score (nSPS) is 17.7. The molecule has 9 heteroatoms. The van der Waals surface area contributed by atoms with Crippen LogP contribution < -0.4 is 4.72 Å². The molecule has 0 radical (unpaired) electrons. The van der Waals surface area contributed by atoms with E-state index in [4.69, 9.17) is 4.74 Å². The van der Waals surface area contributed by atoms with Crippen LogP contribution in [0.5, 0.6) is 0 Å². The van der Waals surface area contributed by atoms with Crippen molar-refractivity contribution in [2.45, 2.75) is 11.0 Å². The monoisotopic (exact) mass is 396 g/mol. The minimum absolute atomic E-state index is 0.287. The van der Waals surface area contributed by atoms with Gasteiger partial charge in [0.15, 0.2) is 0 Å². The van der Waals surface area contributed by atoms with Gasteiger partial charge in [-0.3, -0.25) is 4.79 Å². The van der Waals surface area contributed by atoms with Gasteiger partial charge in [-0.05, 0) is 17.7 Å². The summed E-state index contributed by atoms with van der Waals surface area (Å²) in [5, 5.41) is 0. The lowest BCUT2D eigenvalue weighted by Crippen LogP contribution is -2.46. The van der Waals surface area contributed by atoms with E-state index < -0.39 is 39.0 Å². The van der Waals surface area contributed by atoms with Crippen LogP contribution in [0.25, 0.3) is 0 Å². The molecule has 0 bridgehead atoms. The van der Waals surface area contributed by atoms with Crippen molar-refractivity contribution >= 4 is 15.9 Å². The highest BCUT2D eigenvalue weighted by molar-refractivity contribution is 7.89. The van der Waals surface area contributed by atoms with Crippen molar-refractivity contribution in [1.29, 1.82) is 0 Å². The van der Waals surface area contributed by atoms with Crippen molar-refractivity contribution in [3.63, 3.8) is 0 Å². The average Bonchev–Trinajstić information content (AvgIpc) is 2.66. The molecule has 0 spiro atoms. The summed E-state index contributed by atoms with van der Waals surface area (Å²) in [5.41, 5.74) is 0.920. The van der Waals surface area contributed by atoms with E-state index in [2.05, 4.69) is 4.72 Å². The van der Waals surface area contributed by atoms with Crippen molar-refractivity contribution in [1.82, 2.24) is 9.62 Å². The third kappa shape index (κ3) is 4.68. The molecule has 27 heavy (non-hydrogen) atoms. The lowest BCUT2D eigenvalue weighted by atomic mass is 10.1. The lowest BCUT2D eigenvalue weighted by Gasteiger charge is -2.33. The van der Waals surface area contributed by atoms with E-state index in [0.29, 0.717) is 19.2 Å². The van der Waals surface area contributed by atoms with E-state index in [0.717, 1.165) is 17.7 Å². The molecule has 1 aliphatic rings. The molecule has 0 aliphatic carbocycles. The van der Waals surface area contributed by atoms with Gasteiger partial charge in [0.25, 0.3) is 0 Å². The van der Waals surface area contributed by atoms with E-state index in [1.807, 2.05) is 30.3 Å². The standard InChI is InChI=1S/C18H18F2N2O4S/c19-14-6-7-17(15(20)10-14)27(24,25)21-11-18(23)22-8-9-26-16(12-22)13-4-2-1-3-5-13/h1-7,10,16,21H,8-9,11-12H2/t16-/m0/s1. The van der Waals surface area contributed by atoms with Crippen LogP contribution >= 0.6 is 0 Å². The van der Waals surface area contributed by atoms with Crippen LogP contribution in [-0.4, -0.2) is 45.5 Å². The average molecular weight is 396 g/mol. The Morgan fingerprint density at radius 3 is 2.63 bits per heavy atom. The van der Waals surface area contributed by atoms with E-state index in [1.54, 1.807) is 0 Å². The fourth-order valence-electron chi connectivity index (χ4n) is 2.78.